The molecule has 4 nitrogen and oxygen atoms in total. The summed E-state index contributed by atoms with van der Waals surface area (Å²) in [4.78, 5) is 8.74. The van der Waals surface area contributed by atoms with Crippen LogP contribution >= 0.6 is 11.6 Å². The molecule has 18 heavy (non-hydrogen) atoms. The van der Waals surface area contributed by atoms with Gasteiger partial charge in [0.2, 0.25) is 5.88 Å². The van der Waals surface area contributed by atoms with E-state index in [1.807, 2.05) is 6.92 Å². The molecular weight excluding hydrogens is 252 g/mol. The first kappa shape index (κ1) is 13.6. The topological polar surface area (TPSA) is 44.2 Å². The maximum atomic E-state index is 6.09. The largest absolute Gasteiger partial charge is 0.475 e. The van der Waals surface area contributed by atoms with Crippen LogP contribution in [-0.2, 0) is 4.74 Å². The van der Waals surface area contributed by atoms with E-state index in [4.69, 9.17) is 21.1 Å². The second-order valence-corrected chi connectivity index (χ2v) is 4.90. The molecule has 0 N–H and O–H groups in total. The van der Waals surface area contributed by atoms with E-state index in [0.29, 0.717) is 30.2 Å². The van der Waals surface area contributed by atoms with Gasteiger partial charge in [0.25, 0.3) is 0 Å². The quantitative estimate of drug-likeness (QED) is 0.564. The van der Waals surface area contributed by atoms with E-state index in [2.05, 4.69) is 16.9 Å². The summed E-state index contributed by atoms with van der Waals surface area (Å²) in [6.45, 7) is 5.80. The van der Waals surface area contributed by atoms with E-state index in [0.717, 1.165) is 37.3 Å². The van der Waals surface area contributed by atoms with E-state index in [-0.39, 0.29) is 0 Å². The second-order valence-electron chi connectivity index (χ2n) is 4.54. The van der Waals surface area contributed by atoms with Gasteiger partial charge in [0, 0.05) is 18.1 Å². The highest BCUT2D eigenvalue weighted by atomic mass is 35.5. The number of hydrogen-bond acceptors (Lipinski definition) is 4. The maximum Gasteiger partial charge on any atom is 0.221 e. The Morgan fingerprint density at radius 2 is 2.00 bits per heavy atom. The summed E-state index contributed by atoms with van der Waals surface area (Å²) in [5.41, 5.74) is 0.802. The summed E-state index contributed by atoms with van der Waals surface area (Å²) >= 11 is 6.09. The van der Waals surface area contributed by atoms with Crippen molar-refractivity contribution in [2.45, 2.75) is 39.0 Å². The van der Waals surface area contributed by atoms with Gasteiger partial charge >= 0.3 is 0 Å². The minimum atomic E-state index is 0.474. The normalized spacial score (nSPS) is 14.8. The number of ether oxygens (including phenoxy) is 2. The number of rotatable bonds is 7. The third kappa shape index (κ3) is 3.56. The van der Waals surface area contributed by atoms with Crippen LogP contribution < -0.4 is 4.74 Å². The van der Waals surface area contributed by atoms with Gasteiger partial charge in [-0.3, -0.25) is 0 Å². The number of nitrogens with zero attached hydrogens (tertiary/aromatic N) is 2. The van der Waals surface area contributed by atoms with Crippen LogP contribution in [0, 0.1) is 6.92 Å². The lowest BCUT2D eigenvalue weighted by Crippen LogP contribution is -2.10. The number of aromatic nitrogens is 2. The molecule has 0 aromatic carbocycles. The molecule has 1 aromatic rings. The second kappa shape index (κ2) is 6.34. The molecule has 5 heteroatoms. The first-order valence-electron chi connectivity index (χ1n) is 6.47. The minimum absolute atomic E-state index is 0.474. The van der Waals surface area contributed by atoms with E-state index >= 15 is 0 Å². The number of halogens is 1. The minimum Gasteiger partial charge on any atom is -0.475 e. The predicted octanol–water partition coefficient (Wildman–Crippen LogP) is 3.12. The Kier molecular flexibility index (Phi) is 4.78. The van der Waals surface area contributed by atoms with Gasteiger partial charge in [-0.05, 0) is 26.2 Å². The summed E-state index contributed by atoms with van der Waals surface area (Å²) in [5.74, 6) is 1.88. The molecule has 0 bridgehead atoms. The summed E-state index contributed by atoms with van der Waals surface area (Å²) in [6, 6.07) is 0. The van der Waals surface area contributed by atoms with Gasteiger partial charge < -0.3 is 9.47 Å². The third-order valence-electron chi connectivity index (χ3n) is 2.82. The fourth-order valence-electron chi connectivity index (χ4n) is 1.59. The van der Waals surface area contributed by atoms with Crippen LogP contribution in [0.2, 0.25) is 5.15 Å². The monoisotopic (exact) mass is 270 g/mol. The zero-order chi connectivity index (χ0) is 13.0. The molecular formula is C13H19ClN2O2. The average Bonchev–Trinajstić information content (AvgIpc) is 3.18. The lowest BCUT2D eigenvalue weighted by molar-refractivity contribution is 0.0986. The van der Waals surface area contributed by atoms with Crippen molar-refractivity contribution in [3.8, 4) is 5.88 Å². The average molecular weight is 271 g/mol. The fourth-order valence-corrected chi connectivity index (χ4v) is 1.76. The Labute approximate surface area is 113 Å². The van der Waals surface area contributed by atoms with Gasteiger partial charge in [-0.2, -0.15) is 4.98 Å². The molecule has 2 rings (SSSR count). The molecule has 0 amide bonds. The highest BCUT2D eigenvalue weighted by molar-refractivity contribution is 6.30. The Morgan fingerprint density at radius 3 is 2.67 bits per heavy atom. The number of hydrogen-bond donors (Lipinski definition) is 0. The highest BCUT2D eigenvalue weighted by Crippen LogP contribution is 2.39. The van der Waals surface area contributed by atoms with Crippen LogP contribution in [0.25, 0.3) is 0 Å². The molecule has 0 unspecified atom stereocenters. The van der Waals surface area contributed by atoms with E-state index in [1.165, 1.54) is 0 Å². The molecule has 1 aromatic heterocycles. The summed E-state index contributed by atoms with van der Waals surface area (Å²) in [5, 5.41) is 0.497. The molecule has 0 aliphatic heterocycles. The zero-order valence-electron chi connectivity index (χ0n) is 10.9. The molecule has 100 valence electrons. The molecule has 0 radical (unpaired) electrons. The van der Waals surface area contributed by atoms with E-state index in [1.54, 1.807) is 0 Å². The van der Waals surface area contributed by atoms with Gasteiger partial charge in [-0.15, -0.1) is 0 Å². The molecule has 0 atom stereocenters. The van der Waals surface area contributed by atoms with Crippen molar-refractivity contribution >= 4 is 11.6 Å². The summed E-state index contributed by atoms with van der Waals surface area (Å²) < 4.78 is 11.0. The smallest absolute Gasteiger partial charge is 0.221 e. The Hall–Kier alpha value is -0.870. The van der Waals surface area contributed by atoms with Crippen LogP contribution in [0.3, 0.4) is 0 Å². The van der Waals surface area contributed by atoms with Crippen molar-refractivity contribution < 1.29 is 9.47 Å². The standard InChI is InChI=1S/C13H19ClN2O2/c1-3-6-17-7-8-18-13-9(2)11(14)15-12(16-13)10-4-5-10/h10H,3-8H2,1-2H3. The Morgan fingerprint density at radius 1 is 1.22 bits per heavy atom. The van der Waals surface area contributed by atoms with Crippen molar-refractivity contribution in [3.63, 3.8) is 0 Å². The molecule has 0 saturated heterocycles. The Bertz CT molecular complexity index is 408. The van der Waals surface area contributed by atoms with Gasteiger partial charge in [0.1, 0.15) is 17.6 Å². The molecule has 1 heterocycles. The van der Waals surface area contributed by atoms with Crippen LogP contribution in [0.1, 0.15) is 43.5 Å². The molecule has 1 aliphatic rings. The molecule has 1 saturated carbocycles. The fraction of sp³-hybridized carbons (Fsp3) is 0.692. The van der Waals surface area contributed by atoms with Gasteiger partial charge in [-0.1, -0.05) is 18.5 Å². The van der Waals surface area contributed by atoms with Crippen molar-refractivity contribution in [2.24, 2.45) is 0 Å². The molecule has 1 fully saturated rings. The van der Waals surface area contributed by atoms with Crippen molar-refractivity contribution in [1.82, 2.24) is 9.97 Å². The summed E-state index contributed by atoms with van der Waals surface area (Å²) in [6.07, 6.45) is 3.32. The SMILES string of the molecule is CCCOCCOc1nc(C2CC2)nc(Cl)c1C. The van der Waals surface area contributed by atoms with Gasteiger partial charge in [-0.25, -0.2) is 4.98 Å². The predicted molar refractivity (Wildman–Crippen MR) is 70.4 cm³/mol. The van der Waals surface area contributed by atoms with Crippen LogP contribution in [-0.4, -0.2) is 29.8 Å². The van der Waals surface area contributed by atoms with E-state index < -0.39 is 0 Å². The van der Waals surface area contributed by atoms with Gasteiger partial charge in [0.05, 0.1) is 6.61 Å². The van der Waals surface area contributed by atoms with Crippen LogP contribution in [0.15, 0.2) is 0 Å². The first-order valence-corrected chi connectivity index (χ1v) is 6.84. The summed E-state index contributed by atoms with van der Waals surface area (Å²) in [7, 11) is 0. The van der Waals surface area contributed by atoms with Crippen molar-refractivity contribution in [1.29, 1.82) is 0 Å². The Balaban J connectivity index is 1.93. The maximum absolute atomic E-state index is 6.09. The first-order chi connectivity index (χ1) is 8.72. The lowest BCUT2D eigenvalue weighted by Gasteiger charge is -2.10. The highest BCUT2D eigenvalue weighted by Gasteiger charge is 2.28. The molecule has 1 aliphatic carbocycles. The van der Waals surface area contributed by atoms with Crippen LogP contribution in [0.4, 0.5) is 0 Å². The van der Waals surface area contributed by atoms with Crippen LogP contribution in [0.5, 0.6) is 5.88 Å². The third-order valence-corrected chi connectivity index (χ3v) is 3.18. The molecule has 0 spiro atoms. The van der Waals surface area contributed by atoms with Crippen molar-refractivity contribution in [3.05, 3.63) is 16.5 Å². The van der Waals surface area contributed by atoms with Gasteiger partial charge in [0.15, 0.2) is 0 Å². The van der Waals surface area contributed by atoms with Crippen molar-refractivity contribution in [2.75, 3.05) is 19.8 Å². The zero-order valence-corrected chi connectivity index (χ0v) is 11.7. The van der Waals surface area contributed by atoms with E-state index in [9.17, 15) is 0 Å². The lowest BCUT2D eigenvalue weighted by atomic mass is 10.3.